The van der Waals surface area contributed by atoms with Crippen molar-refractivity contribution in [3.05, 3.63) is 65.7 Å². The lowest BCUT2D eigenvalue weighted by Gasteiger charge is -2.05. The van der Waals surface area contributed by atoms with Crippen LogP contribution in [0.15, 0.2) is 59.7 Å². The number of benzene rings is 2. The van der Waals surface area contributed by atoms with E-state index in [2.05, 4.69) is 22.7 Å². The first kappa shape index (κ1) is 16.2. The first-order valence-corrected chi connectivity index (χ1v) is 8.31. The van der Waals surface area contributed by atoms with Crippen LogP contribution in [-0.2, 0) is 4.79 Å². The highest BCUT2D eigenvalue weighted by atomic mass is 16.5. The van der Waals surface area contributed by atoms with E-state index in [-0.39, 0.29) is 11.8 Å². The molecular formula is C20H22N2O2. The van der Waals surface area contributed by atoms with Gasteiger partial charge in [0.05, 0.1) is 12.3 Å². The van der Waals surface area contributed by atoms with Gasteiger partial charge < -0.3 is 4.74 Å². The maximum atomic E-state index is 12.2. The number of carbonyl (C=O) groups is 1. The van der Waals surface area contributed by atoms with Crippen LogP contribution in [0.2, 0.25) is 0 Å². The lowest BCUT2D eigenvalue weighted by molar-refractivity contribution is -0.122. The predicted octanol–water partition coefficient (Wildman–Crippen LogP) is 3.73. The molecule has 0 unspecified atom stereocenters. The summed E-state index contributed by atoms with van der Waals surface area (Å²) in [4.78, 5) is 12.2. The molecule has 0 radical (unpaired) electrons. The van der Waals surface area contributed by atoms with E-state index in [0.29, 0.717) is 12.5 Å². The van der Waals surface area contributed by atoms with Crippen LogP contribution in [0.4, 0.5) is 0 Å². The van der Waals surface area contributed by atoms with Crippen LogP contribution < -0.4 is 10.2 Å². The number of amides is 1. The minimum atomic E-state index is -0.00543. The lowest BCUT2D eigenvalue weighted by Crippen LogP contribution is -2.21. The monoisotopic (exact) mass is 322 g/mol. The second kappa shape index (κ2) is 7.30. The standard InChI is InChI=1S/C20H22N2O2/c1-3-24-17-11-9-15(10-12-17)14(2)21-22-20(23)19-13-18(19)16-7-5-4-6-8-16/h4-12,18-19H,3,13H2,1-2H3,(H,22,23)/b21-14-/t18-,19+/m0/s1. The van der Waals surface area contributed by atoms with Gasteiger partial charge in [-0.15, -0.1) is 0 Å². The van der Waals surface area contributed by atoms with E-state index in [4.69, 9.17) is 4.74 Å². The second-order valence-electron chi connectivity index (χ2n) is 5.99. The topological polar surface area (TPSA) is 50.7 Å². The zero-order valence-corrected chi connectivity index (χ0v) is 14.0. The molecule has 1 aliphatic rings. The maximum Gasteiger partial charge on any atom is 0.243 e. The highest BCUT2D eigenvalue weighted by molar-refractivity contribution is 5.99. The molecule has 4 heteroatoms. The van der Waals surface area contributed by atoms with E-state index in [9.17, 15) is 4.79 Å². The average molecular weight is 322 g/mol. The molecule has 2 aromatic rings. The first-order chi connectivity index (χ1) is 11.7. The fourth-order valence-corrected chi connectivity index (χ4v) is 2.80. The zero-order valence-electron chi connectivity index (χ0n) is 14.0. The van der Waals surface area contributed by atoms with Crippen molar-refractivity contribution in [2.75, 3.05) is 6.61 Å². The van der Waals surface area contributed by atoms with Gasteiger partial charge in [0, 0.05) is 5.92 Å². The first-order valence-electron chi connectivity index (χ1n) is 8.31. The van der Waals surface area contributed by atoms with Crippen molar-refractivity contribution in [3.63, 3.8) is 0 Å². The minimum Gasteiger partial charge on any atom is -0.494 e. The van der Waals surface area contributed by atoms with Crippen LogP contribution in [0.3, 0.4) is 0 Å². The van der Waals surface area contributed by atoms with E-state index in [1.165, 1.54) is 5.56 Å². The van der Waals surface area contributed by atoms with Gasteiger partial charge in [0.1, 0.15) is 5.75 Å². The van der Waals surface area contributed by atoms with E-state index >= 15 is 0 Å². The number of rotatable bonds is 6. The summed E-state index contributed by atoms with van der Waals surface area (Å²) in [6.45, 7) is 4.49. The largest absolute Gasteiger partial charge is 0.494 e. The Morgan fingerprint density at radius 1 is 1.17 bits per heavy atom. The number of hydrazone groups is 1. The van der Waals surface area contributed by atoms with E-state index in [1.54, 1.807) is 0 Å². The molecule has 1 N–H and O–H groups in total. The summed E-state index contributed by atoms with van der Waals surface area (Å²) >= 11 is 0. The fourth-order valence-electron chi connectivity index (χ4n) is 2.80. The van der Waals surface area contributed by atoms with Gasteiger partial charge in [-0.3, -0.25) is 4.79 Å². The molecule has 124 valence electrons. The fraction of sp³-hybridized carbons (Fsp3) is 0.300. The Morgan fingerprint density at radius 3 is 2.54 bits per heavy atom. The van der Waals surface area contributed by atoms with E-state index in [1.807, 2.05) is 56.3 Å². The Hall–Kier alpha value is -2.62. The van der Waals surface area contributed by atoms with Crippen molar-refractivity contribution in [1.29, 1.82) is 0 Å². The van der Waals surface area contributed by atoms with Gasteiger partial charge in [0.15, 0.2) is 0 Å². The van der Waals surface area contributed by atoms with Crippen molar-refractivity contribution < 1.29 is 9.53 Å². The van der Waals surface area contributed by atoms with Crippen LogP contribution in [0.5, 0.6) is 5.75 Å². The van der Waals surface area contributed by atoms with Gasteiger partial charge >= 0.3 is 0 Å². The zero-order chi connectivity index (χ0) is 16.9. The van der Waals surface area contributed by atoms with Crippen molar-refractivity contribution in [3.8, 4) is 5.75 Å². The molecule has 0 aliphatic heterocycles. The Balaban J connectivity index is 1.56. The Kier molecular flexibility index (Phi) is 4.94. The summed E-state index contributed by atoms with van der Waals surface area (Å²) in [5.74, 6) is 1.19. The third-order valence-corrected chi connectivity index (χ3v) is 4.27. The van der Waals surface area contributed by atoms with Gasteiger partial charge in [-0.05, 0) is 61.6 Å². The summed E-state index contributed by atoms with van der Waals surface area (Å²) in [6, 6.07) is 17.9. The molecule has 1 saturated carbocycles. The van der Waals surface area contributed by atoms with Crippen LogP contribution in [0.25, 0.3) is 0 Å². The highest BCUT2D eigenvalue weighted by Gasteiger charge is 2.43. The Labute approximate surface area is 142 Å². The van der Waals surface area contributed by atoms with Gasteiger partial charge in [0.25, 0.3) is 0 Å². The molecule has 4 nitrogen and oxygen atoms in total. The highest BCUT2D eigenvalue weighted by Crippen LogP contribution is 2.47. The van der Waals surface area contributed by atoms with Gasteiger partial charge in [-0.2, -0.15) is 5.10 Å². The number of nitrogens with one attached hydrogen (secondary N) is 1. The van der Waals surface area contributed by atoms with Crippen LogP contribution in [0.1, 0.15) is 37.3 Å². The van der Waals surface area contributed by atoms with E-state index in [0.717, 1.165) is 23.4 Å². The summed E-state index contributed by atoms with van der Waals surface area (Å²) in [5.41, 5.74) is 5.67. The number of hydrogen-bond donors (Lipinski definition) is 1. The van der Waals surface area contributed by atoms with Gasteiger partial charge in [-0.1, -0.05) is 30.3 Å². The third-order valence-electron chi connectivity index (χ3n) is 4.27. The molecule has 2 atom stereocenters. The number of ether oxygens (including phenoxy) is 1. The average Bonchev–Trinajstić information content (AvgIpc) is 3.42. The van der Waals surface area contributed by atoms with Crippen LogP contribution in [-0.4, -0.2) is 18.2 Å². The quantitative estimate of drug-likeness (QED) is 0.651. The molecule has 0 spiro atoms. The molecule has 3 rings (SSSR count). The SMILES string of the molecule is CCOc1ccc(/C(C)=N\NC(=O)[C@@H]2C[C@H]2c2ccccc2)cc1. The number of carbonyl (C=O) groups excluding carboxylic acids is 1. The van der Waals surface area contributed by atoms with Crippen LogP contribution >= 0.6 is 0 Å². The smallest absolute Gasteiger partial charge is 0.243 e. The van der Waals surface area contributed by atoms with Gasteiger partial charge in [0.2, 0.25) is 5.91 Å². The molecule has 0 aromatic heterocycles. The van der Waals surface area contributed by atoms with Crippen LogP contribution in [0, 0.1) is 5.92 Å². The summed E-state index contributed by atoms with van der Waals surface area (Å²) in [7, 11) is 0. The minimum absolute atomic E-state index is 0.00543. The maximum absolute atomic E-state index is 12.2. The van der Waals surface area contributed by atoms with Gasteiger partial charge in [-0.25, -0.2) is 5.43 Å². The number of hydrogen-bond acceptors (Lipinski definition) is 3. The summed E-state index contributed by atoms with van der Waals surface area (Å²) < 4.78 is 5.42. The Morgan fingerprint density at radius 2 is 1.88 bits per heavy atom. The third kappa shape index (κ3) is 3.82. The second-order valence-corrected chi connectivity index (χ2v) is 5.99. The van der Waals surface area contributed by atoms with E-state index < -0.39 is 0 Å². The summed E-state index contributed by atoms with van der Waals surface area (Å²) in [5, 5.41) is 4.24. The van der Waals surface area contributed by atoms with Crippen molar-refractivity contribution in [1.82, 2.24) is 5.43 Å². The molecule has 0 heterocycles. The normalized spacial score (nSPS) is 19.7. The molecule has 1 aliphatic carbocycles. The molecule has 2 aromatic carbocycles. The van der Waals surface area contributed by atoms with Crippen molar-refractivity contribution in [2.45, 2.75) is 26.2 Å². The summed E-state index contributed by atoms with van der Waals surface area (Å²) in [6.07, 6.45) is 0.896. The van der Waals surface area contributed by atoms with Crippen molar-refractivity contribution in [2.24, 2.45) is 11.0 Å². The Bertz CT molecular complexity index is 723. The predicted molar refractivity (Wildman–Crippen MR) is 95.3 cm³/mol. The van der Waals surface area contributed by atoms with Crippen molar-refractivity contribution >= 4 is 11.6 Å². The molecule has 0 bridgehead atoms. The molecule has 0 saturated heterocycles. The number of nitrogens with zero attached hydrogens (tertiary/aromatic N) is 1. The molecule has 1 fully saturated rings. The molecule has 24 heavy (non-hydrogen) atoms. The molecular weight excluding hydrogens is 300 g/mol. The molecule has 1 amide bonds. The lowest BCUT2D eigenvalue weighted by atomic mass is 10.1.